The Morgan fingerprint density at radius 1 is 1.14 bits per heavy atom. The third kappa shape index (κ3) is 5.33. The van der Waals surface area contributed by atoms with E-state index in [1.807, 2.05) is 18.2 Å². The molecule has 2 N–H and O–H groups in total. The van der Waals surface area contributed by atoms with Crippen molar-refractivity contribution >= 4 is 29.2 Å². The maximum atomic E-state index is 12.1. The van der Waals surface area contributed by atoms with E-state index in [0.29, 0.717) is 24.3 Å². The molecule has 0 aliphatic carbocycles. The summed E-state index contributed by atoms with van der Waals surface area (Å²) in [5.74, 6) is -0.503. The van der Waals surface area contributed by atoms with Gasteiger partial charge in [0.05, 0.1) is 0 Å². The van der Waals surface area contributed by atoms with Crippen molar-refractivity contribution in [1.29, 1.82) is 0 Å². The highest BCUT2D eigenvalue weighted by Gasteiger charge is 2.21. The Balaban J connectivity index is 1.49. The van der Waals surface area contributed by atoms with Gasteiger partial charge < -0.3 is 20.1 Å². The highest BCUT2D eigenvalue weighted by atomic mass is 16.5. The number of aliphatic carboxylic acids is 1. The molecule has 1 heterocycles. The van der Waals surface area contributed by atoms with E-state index < -0.39 is 5.97 Å². The first-order valence-corrected chi connectivity index (χ1v) is 9.15. The molecule has 0 spiro atoms. The first-order valence-electron chi connectivity index (χ1n) is 9.15. The summed E-state index contributed by atoms with van der Waals surface area (Å²) in [7, 11) is 0. The van der Waals surface area contributed by atoms with Crippen molar-refractivity contribution in [3.63, 3.8) is 0 Å². The number of ether oxygens (including phenoxy) is 1. The number of nitrogens with zero attached hydrogens (tertiary/aromatic N) is 1. The minimum atomic E-state index is -0.858. The summed E-state index contributed by atoms with van der Waals surface area (Å²) in [4.78, 5) is 36.3. The summed E-state index contributed by atoms with van der Waals surface area (Å²) >= 11 is 0. The number of aryl methyl sites for hydroxylation is 1. The minimum Gasteiger partial charge on any atom is -0.484 e. The third-order valence-corrected chi connectivity index (χ3v) is 4.43. The summed E-state index contributed by atoms with van der Waals surface area (Å²) in [6, 6.07) is 14.2. The van der Waals surface area contributed by atoms with E-state index in [0.717, 1.165) is 24.2 Å². The van der Waals surface area contributed by atoms with Gasteiger partial charge in [0.2, 0.25) is 5.91 Å². The maximum absolute atomic E-state index is 12.1. The number of rotatable bonds is 8. The number of hydrogen-bond donors (Lipinski definition) is 2. The second-order valence-electron chi connectivity index (χ2n) is 6.57. The molecule has 0 bridgehead atoms. The molecule has 7 heteroatoms. The zero-order chi connectivity index (χ0) is 19.9. The zero-order valence-corrected chi connectivity index (χ0v) is 15.4. The number of anilines is 2. The molecular formula is C21H22N2O5. The summed E-state index contributed by atoms with van der Waals surface area (Å²) in [6.45, 7) is 0.578. The molecule has 0 aromatic heterocycles. The standard InChI is InChI=1S/C21H22N2O5/c24-19(22-16-4-1-3-15(13-16)6-11-21(26)27)14-28-18-9-7-17(8-10-18)23-12-2-5-20(23)25/h1,3-4,7-10,13H,2,5-6,11-12,14H2,(H,22,24)(H,26,27). The molecule has 0 unspecified atom stereocenters. The minimum absolute atomic E-state index is 0.0412. The van der Waals surface area contributed by atoms with Gasteiger partial charge in [-0.25, -0.2) is 0 Å². The van der Waals surface area contributed by atoms with Crippen molar-refractivity contribution in [1.82, 2.24) is 0 Å². The average molecular weight is 382 g/mol. The molecule has 1 aliphatic heterocycles. The van der Waals surface area contributed by atoms with Crippen molar-refractivity contribution in [2.75, 3.05) is 23.4 Å². The van der Waals surface area contributed by atoms with E-state index in [1.54, 1.807) is 35.2 Å². The number of nitrogens with one attached hydrogen (secondary N) is 1. The number of hydrogen-bond acceptors (Lipinski definition) is 4. The Bertz CT molecular complexity index is 863. The van der Waals surface area contributed by atoms with Crippen LogP contribution in [-0.4, -0.2) is 36.0 Å². The molecule has 0 radical (unpaired) electrons. The molecule has 28 heavy (non-hydrogen) atoms. The smallest absolute Gasteiger partial charge is 0.303 e. The van der Waals surface area contributed by atoms with Gasteiger partial charge in [-0.05, 0) is 54.8 Å². The first kappa shape index (κ1) is 19.4. The van der Waals surface area contributed by atoms with Crippen LogP contribution < -0.4 is 15.0 Å². The molecule has 0 saturated carbocycles. The highest BCUT2D eigenvalue weighted by molar-refractivity contribution is 5.95. The van der Waals surface area contributed by atoms with Crippen molar-refractivity contribution < 1.29 is 24.2 Å². The fourth-order valence-corrected chi connectivity index (χ4v) is 3.05. The molecule has 2 aromatic rings. The average Bonchev–Trinajstić information content (AvgIpc) is 3.11. The quantitative estimate of drug-likeness (QED) is 0.732. The topological polar surface area (TPSA) is 95.9 Å². The Hall–Kier alpha value is -3.35. The lowest BCUT2D eigenvalue weighted by Gasteiger charge is -2.16. The van der Waals surface area contributed by atoms with E-state index >= 15 is 0 Å². The third-order valence-electron chi connectivity index (χ3n) is 4.43. The summed E-state index contributed by atoms with van der Waals surface area (Å²) in [5.41, 5.74) is 2.27. The molecule has 0 atom stereocenters. The predicted molar refractivity (Wildman–Crippen MR) is 105 cm³/mol. The van der Waals surface area contributed by atoms with Crippen LogP contribution in [-0.2, 0) is 20.8 Å². The highest BCUT2D eigenvalue weighted by Crippen LogP contribution is 2.24. The van der Waals surface area contributed by atoms with Gasteiger partial charge in [-0.1, -0.05) is 12.1 Å². The maximum Gasteiger partial charge on any atom is 0.303 e. The number of carboxylic acid groups (broad SMARTS) is 1. The van der Waals surface area contributed by atoms with E-state index in [9.17, 15) is 14.4 Å². The van der Waals surface area contributed by atoms with Crippen molar-refractivity contribution in [2.45, 2.75) is 25.7 Å². The van der Waals surface area contributed by atoms with Gasteiger partial charge in [0.15, 0.2) is 6.61 Å². The molecule has 2 amide bonds. The lowest BCUT2D eigenvalue weighted by molar-refractivity contribution is -0.137. The molecule has 3 rings (SSSR count). The van der Waals surface area contributed by atoms with Crippen molar-refractivity contribution in [2.24, 2.45) is 0 Å². The van der Waals surface area contributed by atoms with Crippen LogP contribution in [0.25, 0.3) is 0 Å². The number of carbonyl (C=O) groups is 3. The summed E-state index contributed by atoms with van der Waals surface area (Å²) < 4.78 is 5.50. The number of benzene rings is 2. The van der Waals surface area contributed by atoms with Crippen LogP contribution in [0.5, 0.6) is 5.75 Å². The molecular weight excluding hydrogens is 360 g/mol. The van der Waals surface area contributed by atoms with E-state index in [1.165, 1.54) is 0 Å². The van der Waals surface area contributed by atoms with Crippen LogP contribution in [0.1, 0.15) is 24.8 Å². The second-order valence-corrected chi connectivity index (χ2v) is 6.57. The summed E-state index contributed by atoms with van der Waals surface area (Å²) in [5, 5.41) is 11.5. The lowest BCUT2D eigenvalue weighted by atomic mass is 10.1. The van der Waals surface area contributed by atoms with Crippen molar-refractivity contribution in [3.05, 3.63) is 54.1 Å². The van der Waals surface area contributed by atoms with Gasteiger partial charge in [0.1, 0.15) is 5.75 Å². The predicted octanol–water partition coefficient (Wildman–Crippen LogP) is 2.85. The van der Waals surface area contributed by atoms with Gasteiger partial charge in [-0.3, -0.25) is 14.4 Å². The first-order chi connectivity index (χ1) is 13.5. The van der Waals surface area contributed by atoms with Crippen LogP contribution >= 0.6 is 0 Å². The van der Waals surface area contributed by atoms with Crippen molar-refractivity contribution in [3.8, 4) is 5.75 Å². The fourth-order valence-electron chi connectivity index (χ4n) is 3.05. The molecule has 2 aromatic carbocycles. The largest absolute Gasteiger partial charge is 0.484 e. The molecule has 146 valence electrons. The van der Waals surface area contributed by atoms with Gasteiger partial charge in [-0.2, -0.15) is 0 Å². The Morgan fingerprint density at radius 2 is 1.93 bits per heavy atom. The second kappa shape index (κ2) is 9.03. The van der Waals surface area contributed by atoms with E-state index in [2.05, 4.69) is 5.32 Å². The number of carboxylic acids is 1. The van der Waals surface area contributed by atoms with E-state index in [-0.39, 0.29) is 24.8 Å². The van der Waals surface area contributed by atoms with Crippen LogP contribution in [0.2, 0.25) is 0 Å². The number of amides is 2. The van der Waals surface area contributed by atoms with E-state index in [4.69, 9.17) is 9.84 Å². The molecule has 1 fully saturated rings. The molecule has 1 aliphatic rings. The van der Waals surface area contributed by atoms with Crippen LogP contribution in [0.4, 0.5) is 11.4 Å². The molecule has 7 nitrogen and oxygen atoms in total. The Kier molecular flexibility index (Phi) is 6.26. The Labute approximate surface area is 162 Å². The molecule has 1 saturated heterocycles. The van der Waals surface area contributed by atoms with Crippen LogP contribution in [0.3, 0.4) is 0 Å². The van der Waals surface area contributed by atoms with Gasteiger partial charge >= 0.3 is 5.97 Å². The normalized spacial score (nSPS) is 13.4. The zero-order valence-electron chi connectivity index (χ0n) is 15.4. The SMILES string of the molecule is O=C(O)CCc1cccc(NC(=O)COc2ccc(N3CCCC3=O)cc2)c1. The van der Waals surface area contributed by atoms with Gasteiger partial charge in [-0.15, -0.1) is 0 Å². The number of carbonyl (C=O) groups excluding carboxylic acids is 2. The van der Waals surface area contributed by atoms with Crippen LogP contribution in [0.15, 0.2) is 48.5 Å². The Morgan fingerprint density at radius 3 is 2.61 bits per heavy atom. The fraction of sp³-hybridized carbons (Fsp3) is 0.286. The van der Waals surface area contributed by atoms with Gasteiger partial charge in [0, 0.05) is 30.8 Å². The summed E-state index contributed by atoms with van der Waals surface area (Å²) in [6.07, 6.45) is 1.89. The van der Waals surface area contributed by atoms with Gasteiger partial charge in [0.25, 0.3) is 5.91 Å². The monoisotopic (exact) mass is 382 g/mol. The van der Waals surface area contributed by atoms with Crippen LogP contribution in [0, 0.1) is 0 Å². The lowest BCUT2D eigenvalue weighted by Crippen LogP contribution is -2.23.